The third kappa shape index (κ3) is 2.84. The third-order valence-corrected chi connectivity index (χ3v) is 5.95. The van der Waals surface area contributed by atoms with Crippen LogP contribution in [0.3, 0.4) is 0 Å². The molecule has 3 rings (SSSR count). The number of pyridine rings is 1. The largest absolute Gasteiger partial charge is 0.511 e. The second-order valence-electron chi connectivity index (χ2n) is 5.79. The molecule has 0 bridgehead atoms. The van der Waals surface area contributed by atoms with Crippen LogP contribution in [0.5, 0.6) is 0 Å². The molecule has 1 atom stereocenters. The van der Waals surface area contributed by atoms with Crippen LogP contribution < -0.4 is 4.90 Å². The summed E-state index contributed by atoms with van der Waals surface area (Å²) in [6, 6.07) is 3.27. The van der Waals surface area contributed by atoms with Gasteiger partial charge in [-0.2, -0.15) is 17.5 Å². The van der Waals surface area contributed by atoms with E-state index in [1.165, 1.54) is 0 Å². The van der Waals surface area contributed by atoms with Crippen LogP contribution in [0.25, 0.3) is 11.0 Å². The minimum Gasteiger partial charge on any atom is -0.370 e. The van der Waals surface area contributed by atoms with Gasteiger partial charge in [0.05, 0.1) is 0 Å². The zero-order valence-corrected chi connectivity index (χ0v) is 13.7. The van der Waals surface area contributed by atoms with Crippen molar-refractivity contribution in [3.05, 3.63) is 24.5 Å². The fraction of sp³-hybridized carbons (Fsp3) is 0.500. The maximum absolute atomic E-state index is 12.8. The minimum absolute atomic E-state index is 0.109. The molecule has 1 aliphatic rings. The number of H-pyrrole nitrogens is 1. The highest BCUT2D eigenvalue weighted by Gasteiger charge is 2.51. The van der Waals surface area contributed by atoms with Crippen LogP contribution in [0.2, 0.25) is 0 Å². The number of anilines is 1. The zero-order chi connectivity index (χ0) is 17.5. The first kappa shape index (κ1) is 17.0. The van der Waals surface area contributed by atoms with E-state index >= 15 is 0 Å². The molecule has 0 unspecified atom stereocenters. The number of halogens is 3. The Balaban J connectivity index is 1.86. The molecular weight excluding hydrogens is 345 g/mol. The molecule has 0 radical (unpaired) electrons. The van der Waals surface area contributed by atoms with Gasteiger partial charge in [-0.3, -0.25) is 0 Å². The Morgan fingerprint density at radius 2 is 2.12 bits per heavy atom. The first-order valence-corrected chi connectivity index (χ1v) is 8.87. The summed E-state index contributed by atoms with van der Waals surface area (Å²) in [7, 11) is -3.53. The van der Waals surface area contributed by atoms with E-state index in [-0.39, 0.29) is 19.1 Å². The summed E-state index contributed by atoms with van der Waals surface area (Å²) < 4.78 is 62.2. The summed E-state index contributed by atoms with van der Waals surface area (Å²) in [5.74, 6) is 0. The summed E-state index contributed by atoms with van der Waals surface area (Å²) in [5, 5.41) is 0.843. The number of fused-ring (bicyclic) bond motifs is 1. The van der Waals surface area contributed by atoms with E-state index < -0.39 is 15.5 Å². The lowest BCUT2D eigenvalue weighted by Gasteiger charge is -2.38. The fourth-order valence-corrected chi connectivity index (χ4v) is 4.08. The molecular formula is C14H17F3N4O2S. The highest BCUT2D eigenvalue weighted by molar-refractivity contribution is 7.90. The molecule has 0 saturated carbocycles. The van der Waals surface area contributed by atoms with E-state index in [1.807, 2.05) is 11.0 Å². The topological polar surface area (TPSA) is 69.3 Å². The number of hydrogen-bond acceptors (Lipinski definition) is 4. The second kappa shape index (κ2) is 5.92. The molecule has 24 heavy (non-hydrogen) atoms. The number of rotatable bonds is 3. The van der Waals surface area contributed by atoms with Crippen LogP contribution in [-0.4, -0.2) is 54.4 Å². The van der Waals surface area contributed by atoms with Crippen molar-refractivity contribution in [1.82, 2.24) is 14.3 Å². The lowest BCUT2D eigenvalue weighted by atomic mass is 10.1. The van der Waals surface area contributed by atoms with Crippen molar-refractivity contribution in [3.63, 3.8) is 0 Å². The summed E-state index contributed by atoms with van der Waals surface area (Å²) in [5.41, 5.74) is -3.79. The number of hydrogen-bond donors (Lipinski definition) is 1. The van der Waals surface area contributed by atoms with Crippen LogP contribution in [0.1, 0.15) is 12.8 Å². The van der Waals surface area contributed by atoms with Crippen LogP contribution in [0.4, 0.5) is 18.9 Å². The lowest BCUT2D eigenvalue weighted by molar-refractivity contribution is -0.0495. The molecule has 2 aromatic rings. The molecule has 10 heteroatoms. The van der Waals surface area contributed by atoms with Gasteiger partial charge >= 0.3 is 15.5 Å². The quantitative estimate of drug-likeness (QED) is 0.910. The Morgan fingerprint density at radius 1 is 1.38 bits per heavy atom. The fourth-order valence-electron chi connectivity index (χ4n) is 3.05. The van der Waals surface area contributed by atoms with Gasteiger partial charge in [-0.15, -0.1) is 0 Å². The monoisotopic (exact) mass is 362 g/mol. The molecule has 132 valence electrons. The van der Waals surface area contributed by atoms with Crippen molar-refractivity contribution in [2.24, 2.45) is 0 Å². The van der Waals surface area contributed by atoms with E-state index in [0.717, 1.165) is 11.1 Å². The van der Waals surface area contributed by atoms with Crippen LogP contribution in [0, 0.1) is 0 Å². The molecule has 0 aliphatic carbocycles. The van der Waals surface area contributed by atoms with Gasteiger partial charge in [-0.25, -0.2) is 13.4 Å². The van der Waals surface area contributed by atoms with Crippen molar-refractivity contribution in [2.75, 3.05) is 25.0 Å². The Morgan fingerprint density at radius 3 is 2.83 bits per heavy atom. The van der Waals surface area contributed by atoms with Crippen molar-refractivity contribution < 1.29 is 21.6 Å². The van der Waals surface area contributed by atoms with E-state index in [1.54, 1.807) is 25.5 Å². The number of aromatic nitrogens is 2. The van der Waals surface area contributed by atoms with Crippen molar-refractivity contribution >= 4 is 26.7 Å². The van der Waals surface area contributed by atoms with E-state index in [2.05, 4.69) is 9.97 Å². The number of piperidine rings is 1. The molecule has 1 aliphatic heterocycles. The van der Waals surface area contributed by atoms with Gasteiger partial charge in [0, 0.05) is 49.6 Å². The van der Waals surface area contributed by atoms with Crippen LogP contribution in [0.15, 0.2) is 24.5 Å². The van der Waals surface area contributed by atoms with Gasteiger partial charge in [0.25, 0.3) is 0 Å². The van der Waals surface area contributed by atoms with Gasteiger partial charge in [0.15, 0.2) is 0 Å². The van der Waals surface area contributed by atoms with Gasteiger partial charge < -0.3 is 9.88 Å². The van der Waals surface area contributed by atoms with Gasteiger partial charge in [-0.1, -0.05) is 0 Å². The molecule has 3 heterocycles. The normalized spacial score (nSPS) is 20.4. The summed E-state index contributed by atoms with van der Waals surface area (Å²) in [6.45, 7) is -0.297. The lowest BCUT2D eigenvalue weighted by Crippen LogP contribution is -2.51. The summed E-state index contributed by atoms with van der Waals surface area (Å²) in [6.07, 6.45) is 4.34. The standard InChI is InChI=1S/C14H17F3N4O2S/c1-20(12-5-7-19-13-11(12)4-6-18-13)10-3-2-8-21(9-10)24(22,23)14(15,16)17/h4-7,10H,2-3,8-9H2,1H3,(H,18,19)/t10-/m1/s1. The summed E-state index contributed by atoms with van der Waals surface area (Å²) in [4.78, 5) is 8.99. The molecule has 6 nitrogen and oxygen atoms in total. The average Bonchev–Trinajstić information content (AvgIpc) is 3.01. The minimum atomic E-state index is -5.29. The molecule has 1 fully saturated rings. The van der Waals surface area contributed by atoms with Crippen LogP contribution in [-0.2, 0) is 10.0 Å². The number of nitrogens with one attached hydrogen (secondary N) is 1. The first-order chi connectivity index (χ1) is 11.2. The van der Waals surface area contributed by atoms with Gasteiger partial charge in [0.2, 0.25) is 0 Å². The predicted molar refractivity (Wildman–Crippen MR) is 84.1 cm³/mol. The Bertz CT molecular complexity index is 834. The molecule has 1 N–H and O–H groups in total. The SMILES string of the molecule is CN(c1ccnc2[nH]ccc12)[C@@H]1CCCN(S(=O)(=O)C(F)(F)F)C1. The Kier molecular flexibility index (Phi) is 4.20. The highest BCUT2D eigenvalue weighted by Crippen LogP contribution is 2.32. The molecule has 2 aromatic heterocycles. The molecule has 0 aromatic carbocycles. The van der Waals surface area contributed by atoms with Gasteiger partial charge in [-0.05, 0) is 25.0 Å². The molecule has 0 spiro atoms. The maximum atomic E-state index is 12.8. The second-order valence-corrected chi connectivity index (χ2v) is 7.72. The Labute approximate surface area is 137 Å². The van der Waals surface area contributed by atoms with Gasteiger partial charge in [0.1, 0.15) is 5.65 Å². The van der Waals surface area contributed by atoms with E-state index in [0.29, 0.717) is 22.8 Å². The zero-order valence-electron chi connectivity index (χ0n) is 12.9. The van der Waals surface area contributed by atoms with Crippen LogP contribution >= 0.6 is 0 Å². The maximum Gasteiger partial charge on any atom is 0.511 e. The van der Waals surface area contributed by atoms with Crippen molar-refractivity contribution in [2.45, 2.75) is 24.4 Å². The highest BCUT2D eigenvalue weighted by atomic mass is 32.2. The smallest absolute Gasteiger partial charge is 0.370 e. The number of nitrogens with zero attached hydrogens (tertiary/aromatic N) is 3. The van der Waals surface area contributed by atoms with Crippen molar-refractivity contribution in [1.29, 1.82) is 0 Å². The third-order valence-electron chi connectivity index (χ3n) is 4.36. The number of aromatic amines is 1. The first-order valence-electron chi connectivity index (χ1n) is 7.43. The summed E-state index contributed by atoms with van der Waals surface area (Å²) >= 11 is 0. The van der Waals surface area contributed by atoms with E-state index in [9.17, 15) is 21.6 Å². The predicted octanol–water partition coefficient (Wildman–Crippen LogP) is 2.31. The average molecular weight is 362 g/mol. The number of alkyl halides is 3. The number of sulfonamides is 1. The van der Waals surface area contributed by atoms with Crippen molar-refractivity contribution in [3.8, 4) is 0 Å². The molecule has 1 saturated heterocycles. The molecule has 0 amide bonds. The number of likely N-dealkylation sites (N-methyl/N-ethyl adjacent to an activating group) is 1. The van der Waals surface area contributed by atoms with E-state index in [4.69, 9.17) is 0 Å². The Hall–Kier alpha value is -1.81.